The van der Waals surface area contributed by atoms with E-state index >= 15 is 0 Å². The number of nitrogens with zero attached hydrogens (tertiary/aromatic N) is 2. The molecule has 3 rings (SSSR count). The fourth-order valence-electron chi connectivity index (χ4n) is 2.09. The highest BCUT2D eigenvalue weighted by molar-refractivity contribution is 7.71. The third-order valence-electron chi connectivity index (χ3n) is 3.00. The zero-order valence-electron chi connectivity index (χ0n) is 10.6. The van der Waals surface area contributed by atoms with Gasteiger partial charge in [0.2, 0.25) is 0 Å². The van der Waals surface area contributed by atoms with Crippen LogP contribution in [0.25, 0.3) is 11.0 Å². The van der Waals surface area contributed by atoms with Crippen LogP contribution < -0.4 is 0 Å². The second-order valence-corrected chi connectivity index (χ2v) is 4.84. The van der Waals surface area contributed by atoms with Crippen LogP contribution in [0.5, 0.6) is 0 Å². The van der Waals surface area contributed by atoms with Crippen LogP contribution in [0.3, 0.4) is 0 Å². The molecule has 0 aliphatic rings. The number of para-hydroxylation sites is 2. The SMILES string of the molecule is CCc1cc(=S)nc(Cc2nc3ccccc3[nH]2)[nH]1. The topological polar surface area (TPSA) is 57.4 Å². The molecule has 0 aliphatic carbocycles. The molecule has 0 saturated carbocycles. The zero-order chi connectivity index (χ0) is 13.2. The number of aromatic amines is 2. The van der Waals surface area contributed by atoms with Crippen molar-refractivity contribution >= 4 is 23.3 Å². The van der Waals surface area contributed by atoms with E-state index < -0.39 is 0 Å². The molecular weight excluding hydrogens is 256 g/mol. The van der Waals surface area contributed by atoms with Crippen molar-refractivity contribution in [2.24, 2.45) is 0 Å². The molecule has 0 unspecified atom stereocenters. The number of hydrogen-bond donors (Lipinski definition) is 2. The molecule has 0 amide bonds. The van der Waals surface area contributed by atoms with Crippen LogP contribution in [-0.2, 0) is 12.8 Å². The van der Waals surface area contributed by atoms with Crippen molar-refractivity contribution in [3.05, 3.63) is 52.3 Å². The lowest BCUT2D eigenvalue weighted by Crippen LogP contribution is -2.01. The fourth-order valence-corrected chi connectivity index (χ4v) is 2.34. The molecule has 19 heavy (non-hydrogen) atoms. The van der Waals surface area contributed by atoms with Crippen molar-refractivity contribution < 1.29 is 0 Å². The Labute approximate surface area is 115 Å². The summed E-state index contributed by atoms with van der Waals surface area (Å²) >= 11 is 5.17. The summed E-state index contributed by atoms with van der Waals surface area (Å²) in [5, 5.41) is 0. The van der Waals surface area contributed by atoms with Gasteiger partial charge in [0, 0.05) is 5.69 Å². The van der Waals surface area contributed by atoms with Gasteiger partial charge in [-0.1, -0.05) is 31.3 Å². The molecule has 0 fully saturated rings. The van der Waals surface area contributed by atoms with Gasteiger partial charge in [-0.25, -0.2) is 9.97 Å². The lowest BCUT2D eigenvalue weighted by molar-refractivity contribution is 0.872. The van der Waals surface area contributed by atoms with Crippen molar-refractivity contribution in [3.63, 3.8) is 0 Å². The van der Waals surface area contributed by atoms with Gasteiger partial charge in [0.25, 0.3) is 0 Å². The van der Waals surface area contributed by atoms with Crippen LogP contribution in [-0.4, -0.2) is 19.9 Å². The Hall–Kier alpha value is -2.01. The second kappa shape index (κ2) is 4.93. The number of nitrogens with one attached hydrogen (secondary N) is 2. The van der Waals surface area contributed by atoms with E-state index in [0.717, 1.165) is 34.8 Å². The molecule has 3 aromatic rings. The summed E-state index contributed by atoms with van der Waals surface area (Å²) in [6, 6.07) is 9.89. The van der Waals surface area contributed by atoms with Crippen molar-refractivity contribution in [2.45, 2.75) is 19.8 Å². The molecule has 0 spiro atoms. The average Bonchev–Trinajstić information content (AvgIpc) is 2.80. The molecular formula is C14H14N4S. The van der Waals surface area contributed by atoms with E-state index in [9.17, 15) is 0 Å². The van der Waals surface area contributed by atoms with Gasteiger partial charge in [-0.15, -0.1) is 0 Å². The minimum Gasteiger partial charge on any atom is -0.347 e. The maximum Gasteiger partial charge on any atom is 0.130 e. The Bertz CT molecular complexity index is 739. The first kappa shape index (κ1) is 12.0. The monoisotopic (exact) mass is 270 g/mol. The van der Waals surface area contributed by atoms with E-state index in [4.69, 9.17) is 12.2 Å². The Morgan fingerprint density at radius 1 is 1.11 bits per heavy atom. The molecule has 4 nitrogen and oxygen atoms in total. The number of aromatic nitrogens is 4. The maximum atomic E-state index is 5.17. The molecule has 0 atom stereocenters. The van der Waals surface area contributed by atoms with Crippen LogP contribution >= 0.6 is 12.2 Å². The third kappa shape index (κ3) is 2.56. The Morgan fingerprint density at radius 3 is 2.68 bits per heavy atom. The van der Waals surface area contributed by atoms with Crippen LogP contribution in [0.15, 0.2) is 30.3 Å². The van der Waals surface area contributed by atoms with Gasteiger partial charge in [0.1, 0.15) is 16.3 Å². The van der Waals surface area contributed by atoms with Gasteiger partial charge in [-0.05, 0) is 24.6 Å². The lowest BCUT2D eigenvalue weighted by atomic mass is 10.3. The van der Waals surface area contributed by atoms with Gasteiger partial charge >= 0.3 is 0 Å². The van der Waals surface area contributed by atoms with E-state index in [1.165, 1.54) is 0 Å². The van der Waals surface area contributed by atoms with Gasteiger partial charge in [0.05, 0.1) is 17.5 Å². The molecule has 1 aromatic carbocycles. The summed E-state index contributed by atoms with van der Waals surface area (Å²) in [7, 11) is 0. The minimum atomic E-state index is 0.627. The Kier molecular flexibility index (Phi) is 3.13. The smallest absolute Gasteiger partial charge is 0.130 e. The highest BCUT2D eigenvalue weighted by Crippen LogP contribution is 2.12. The van der Waals surface area contributed by atoms with Gasteiger partial charge in [0.15, 0.2) is 0 Å². The first-order valence-electron chi connectivity index (χ1n) is 6.27. The van der Waals surface area contributed by atoms with Crippen molar-refractivity contribution in [2.75, 3.05) is 0 Å². The van der Waals surface area contributed by atoms with E-state index in [1.807, 2.05) is 30.3 Å². The highest BCUT2D eigenvalue weighted by atomic mass is 32.1. The number of H-pyrrole nitrogens is 2. The number of fused-ring (bicyclic) bond motifs is 1. The number of aryl methyl sites for hydroxylation is 1. The number of benzene rings is 1. The Morgan fingerprint density at radius 2 is 1.89 bits per heavy atom. The van der Waals surface area contributed by atoms with Crippen molar-refractivity contribution in [3.8, 4) is 0 Å². The van der Waals surface area contributed by atoms with Gasteiger partial charge in [-0.3, -0.25) is 0 Å². The second-order valence-electron chi connectivity index (χ2n) is 4.42. The summed E-state index contributed by atoms with van der Waals surface area (Å²) in [5.41, 5.74) is 3.12. The third-order valence-corrected chi connectivity index (χ3v) is 3.21. The predicted molar refractivity (Wildman–Crippen MR) is 77.7 cm³/mol. The molecule has 0 radical (unpaired) electrons. The highest BCUT2D eigenvalue weighted by Gasteiger charge is 2.05. The van der Waals surface area contributed by atoms with Crippen LogP contribution in [0.4, 0.5) is 0 Å². The van der Waals surface area contributed by atoms with E-state index in [1.54, 1.807) is 0 Å². The fraction of sp³-hybridized carbons (Fsp3) is 0.214. The quantitative estimate of drug-likeness (QED) is 0.719. The van der Waals surface area contributed by atoms with E-state index in [2.05, 4.69) is 26.9 Å². The molecule has 0 bridgehead atoms. The molecule has 2 N–H and O–H groups in total. The molecule has 96 valence electrons. The molecule has 2 aromatic heterocycles. The van der Waals surface area contributed by atoms with Crippen LogP contribution in [0.2, 0.25) is 0 Å². The van der Waals surface area contributed by atoms with E-state index in [0.29, 0.717) is 11.1 Å². The summed E-state index contributed by atoms with van der Waals surface area (Å²) in [5.74, 6) is 1.75. The lowest BCUT2D eigenvalue weighted by Gasteiger charge is -2.02. The van der Waals surface area contributed by atoms with Crippen molar-refractivity contribution in [1.82, 2.24) is 19.9 Å². The summed E-state index contributed by atoms with van der Waals surface area (Å²) in [6.07, 6.45) is 1.55. The number of rotatable bonds is 3. The number of imidazole rings is 1. The number of hydrogen-bond acceptors (Lipinski definition) is 3. The minimum absolute atomic E-state index is 0.627. The van der Waals surface area contributed by atoms with Gasteiger partial charge in [-0.2, -0.15) is 0 Å². The predicted octanol–water partition coefficient (Wildman–Crippen LogP) is 3.17. The maximum absolute atomic E-state index is 5.17. The normalized spacial score (nSPS) is 11.0. The summed E-state index contributed by atoms with van der Waals surface area (Å²) in [4.78, 5) is 15.5. The Balaban J connectivity index is 1.96. The molecule has 0 saturated heterocycles. The van der Waals surface area contributed by atoms with Crippen LogP contribution in [0, 0.1) is 4.64 Å². The molecule has 5 heteroatoms. The zero-order valence-corrected chi connectivity index (χ0v) is 11.4. The molecule has 2 heterocycles. The van der Waals surface area contributed by atoms with E-state index in [-0.39, 0.29) is 0 Å². The first-order chi connectivity index (χ1) is 9.24. The van der Waals surface area contributed by atoms with Crippen LogP contribution in [0.1, 0.15) is 24.3 Å². The standard InChI is InChI=1S/C14H14N4S/c1-2-9-7-14(19)18-12(15-9)8-13-16-10-5-3-4-6-11(10)17-13/h3-7H,2,8H2,1H3,(H,16,17)(H,15,18,19). The average molecular weight is 270 g/mol. The van der Waals surface area contributed by atoms with Gasteiger partial charge < -0.3 is 9.97 Å². The van der Waals surface area contributed by atoms with Crippen molar-refractivity contribution in [1.29, 1.82) is 0 Å². The molecule has 0 aliphatic heterocycles. The summed E-state index contributed by atoms with van der Waals surface area (Å²) < 4.78 is 0.627. The first-order valence-corrected chi connectivity index (χ1v) is 6.68. The largest absolute Gasteiger partial charge is 0.347 e. The summed E-state index contributed by atoms with van der Waals surface area (Å²) in [6.45, 7) is 2.09.